The molecule has 3 rings (SSSR count). The molecule has 0 unspecified atom stereocenters. The molecule has 0 spiro atoms. The standard InChI is InChI=1S/C23H21F3N2O2/c1-2-3-14-30-22(29)17-9-11-19(12-10-17)27-16-21-8-5-13-28(21)20-7-4-6-18(15-20)23(24,25)26/h4-13,15-16H,2-3,14H2,1H3. The van der Waals surface area contributed by atoms with E-state index in [0.717, 1.165) is 25.0 Å². The fourth-order valence-corrected chi connectivity index (χ4v) is 2.78. The quantitative estimate of drug-likeness (QED) is 0.262. The van der Waals surface area contributed by atoms with E-state index in [4.69, 9.17) is 4.74 Å². The molecule has 156 valence electrons. The number of nitrogens with zero attached hydrogens (tertiary/aromatic N) is 2. The molecule has 0 aliphatic rings. The molecule has 0 saturated carbocycles. The van der Waals surface area contributed by atoms with Gasteiger partial charge in [-0.15, -0.1) is 0 Å². The van der Waals surface area contributed by atoms with E-state index in [1.807, 2.05) is 6.92 Å². The van der Waals surface area contributed by atoms with Crippen molar-refractivity contribution in [2.75, 3.05) is 6.61 Å². The summed E-state index contributed by atoms with van der Waals surface area (Å²) in [4.78, 5) is 16.3. The fourth-order valence-electron chi connectivity index (χ4n) is 2.78. The molecule has 2 aromatic carbocycles. The molecule has 0 N–H and O–H groups in total. The molecule has 7 heteroatoms. The van der Waals surface area contributed by atoms with Crippen LogP contribution in [0, 0.1) is 0 Å². The molecule has 0 radical (unpaired) electrons. The number of hydrogen-bond donors (Lipinski definition) is 0. The van der Waals surface area contributed by atoms with Crippen LogP contribution in [0.25, 0.3) is 5.69 Å². The summed E-state index contributed by atoms with van der Waals surface area (Å²) in [5, 5.41) is 0. The predicted molar refractivity (Wildman–Crippen MR) is 110 cm³/mol. The molecule has 0 bridgehead atoms. The van der Waals surface area contributed by atoms with Crippen LogP contribution < -0.4 is 0 Å². The normalized spacial score (nSPS) is 11.7. The van der Waals surface area contributed by atoms with Gasteiger partial charge < -0.3 is 9.30 Å². The zero-order valence-corrected chi connectivity index (χ0v) is 16.4. The van der Waals surface area contributed by atoms with Crippen molar-refractivity contribution < 1.29 is 22.7 Å². The maximum absolute atomic E-state index is 13.0. The van der Waals surface area contributed by atoms with Crippen molar-refractivity contribution in [3.05, 3.63) is 83.7 Å². The number of carbonyl (C=O) groups excluding carboxylic acids is 1. The molecule has 0 amide bonds. The monoisotopic (exact) mass is 414 g/mol. The Bertz CT molecular complexity index is 1020. The van der Waals surface area contributed by atoms with Crippen molar-refractivity contribution in [2.24, 2.45) is 4.99 Å². The Balaban J connectivity index is 1.74. The fraction of sp³-hybridized carbons (Fsp3) is 0.217. The summed E-state index contributed by atoms with van der Waals surface area (Å²) in [6, 6.07) is 15.2. The first-order valence-corrected chi connectivity index (χ1v) is 9.54. The minimum Gasteiger partial charge on any atom is -0.462 e. The number of benzene rings is 2. The van der Waals surface area contributed by atoms with Crippen LogP contribution >= 0.6 is 0 Å². The van der Waals surface area contributed by atoms with E-state index in [2.05, 4.69) is 4.99 Å². The summed E-state index contributed by atoms with van der Waals surface area (Å²) in [6.07, 6.45) is 0.598. The van der Waals surface area contributed by atoms with E-state index in [1.165, 1.54) is 6.07 Å². The average molecular weight is 414 g/mol. The van der Waals surface area contributed by atoms with Gasteiger partial charge in [0.25, 0.3) is 0 Å². The van der Waals surface area contributed by atoms with E-state index < -0.39 is 11.7 Å². The van der Waals surface area contributed by atoms with Crippen molar-refractivity contribution >= 4 is 17.9 Å². The summed E-state index contributed by atoms with van der Waals surface area (Å²) >= 11 is 0. The molecule has 0 fully saturated rings. The Kier molecular flexibility index (Phi) is 6.72. The topological polar surface area (TPSA) is 43.6 Å². The Morgan fingerprint density at radius 2 is 1.87 bits per heavy atom. The molecule has 30 heavy (non-hydrogen) atoms. The molecule has 3 aromatic rings. The molecule has 0 saturated heterocycles. The average Bonchev–Trinajstić information content (AvgIpc) is 3.21. The highest BCUT2D eigenvalue weighted by molar-refractivity contribution is 5.90. The van der Waals surface area contributed by atoms with Gasteiger partial charge in [-0.05, 0) is 61.0 Å². The number of hydrogen-bond acceptors (Lipinski definition) is 3. The van der Waals surface area contributed by atoms with Crippen molar-refractivity contribution in [1.82, 2.24) is 4.57 Å². The Labute approximate surface area is 172 Å². The summed E-state index contributed by atoms with van der Waals surface area (Å²) in [7, 11) is 0. The first-order chi connectivity index (χ1) is 14.4. The van der Waals surface area contributed by atoms with E-state index in [-0.39, 0.29) is 5.97 Å². The van der Waals surface area contributed by atoms with Crippen LogP contribution in [0.4, 0.5) is 18.9 Å². The lowest BCUT2D eigenvalue weighted by Crippen LogP contribution is -2.06. The highest BCUT2D eigenvalue weighted by Crippen LogP contribution is 2.30. The lowest BCUT2D eigenvalue weighted by Gasteiger charge is -2.11. The largest absolute Gasteiger partial charge is 0.462 e. The molecule has 0 atom stereocenters. The van der Waals surface area contributed by atoms with Gasteiger partial charge in [0, 0.05) is 11.9 Å². The molecule has 1 aromatic heterocycles. The van der Waals surface area contributed by atoms with Crippen LogP contribution in [0.2, 0.25) is 0 Å². The zero-order valence-electron chi connectivity index (χ0n) is 16.4. The number of unbranched alkanes of at least 4 members (excludes halogenated alkanes) is 1. The molecule has 0 aliphatic heterocycles. The van der Waals surface area contributed by atoms with Crippen LogP contribution in [-0.2, 0) is 10.9 Å². The highest BCUT2D eigenvalue weighted by Gasteiger charge is 2.30. The van der Waals surface area contributed by atoms with E-state index >= 15 is 0 Å². The summed E-state index contributed by atoms with van der Waals surface area (Å²) in [6.45, 7) is 2.41. The van der Waals surface area contributed by atoms with Gasteiger partial charge in [0.2, 0.25) is 0 Å². The van der Waals surface area contributed by atoms with E-state index in [0.29, 0.717) is 29.2 Å². The maximum Gasteiger partial charge on any atom is 0.416 e. The number of esters is 1. The minimum absolute atomic E-state index is 0.377. The first-order valence-electron chi connectivity index (χ1n) is 9.54. The van der Waals surface area contributed by atoms with E-state index in [1.54, 1.807) is 59.4 Å². The number of halogens is 3. The lowest BCUT2D eigenvalue weighted by molar-refractivity contribution is -0.137. The molecule has 0 aliphatic carbocycles. The zero-order chi connectivity index (χ0) is 21.6. The van der Waals surface area contributed by atoms with Crippen molar-refractivity contribution in [2.45, 2.75) is 25.9 Å². The Hall–Kier alpha value is -3.35. The van der Waals surface area contributed by atoms with Crippen molar-refractivity contribution in [3.8, 4) is 5.69 Å². The maximum atomic E-state index is 13.0. The summed E-state index contributed by atoms with van der Waals surface area (Å²) in [5.41, 5.74) is 1.35. The van der Waals surface area contributed by atoms with Gasteiger partial charge in [-0.3, -0.25) is 4.99 Å². The van der Waals surface area contributed by atoms with Crippen LogP contribution in [0.15, 0.2) is 71.9 Å². The van der Waals surface area contributed by atoms with Gasteiger partial charge in [-0.1, -0.05) is 19.4 Å². The Morgan fingerprint density at radius 3 is 2.57 bits per heavy atom. The third-order valence-corrected chi connectivity index (χ3v) is 4.41. The van der Waals surface area contributed by atoms with Gasteiger partial charge in [0.05, 0.1) is 35.3 Å². The van der Waals surface area contributed by atoms with Crippen molar-refractivity contribution in [1.29, 1.82) is 0 Å². The van der Waals surface area contributed by atoms with Gasteiger partial charge >= 0.3 is 12.1 Å². The van der Waals surface area contributed by atoms with Gasteiger partial charge in [-0.25, -0.2) is 4.79 Å². The first kappa shape index (κ1) is 21.4. The minimum atomic E-state index is -4.41. The van der Waals surface area contributed by atoms with Crippen LogP contribution in [0.1, 0.15) is 41.4 Å². The smallest absolute Gasteiger partial charge is 0.416 e. The molecular formula is C23H21F3N2O2. The third-order valence-electron chi connectivity index (χ3n) is 4.41. The lowest BCUT2D eigenvalue weighted by atomic mass is 10.2. The number of ether oxygens (including phenoxy) is 1. The number of alkyl halides is 3. The SMILES string of the molecule is CCCCOC(=O)c1ccc(N=Cc2cccn2-c2cccc(C(F)(F)F)c2)cc1. The molecule has 1 heterocycles. The van der Waals surface area contributed by atoms with Gasteiger partial charge in [-0.2, -0.15) is 13.2 Å². The number of carbonyl (C=O) groups is 1. The molecule has 4 nitrogen and oxygen atoms in total. The van der Waals surface area contributed by atoms with Crippen LogP contribution in [0.3, 0.4) is 0 Å². The Morgan fingerprint density at radius 1 is 1.10 bits per heavy atom. The second-order valence-electron chi connectivity index (χ2n) is 6.65. The summed E-state index contributed by atoms with van der Waals surface area (Å²) < 4.78 is 45.7. The summed E-state index contributed by atoms with van der Waals surface area (Å²) in [5.74, 6) is -0.377. The second-order valence-corrected chi connectivity index (χ2v) is 6.65. The predicted octanol–water partition coefficient (Wildman–Crippen LogP) is 6.20. The number of rotatable bonds is 7. The number of aromatic nitrogens is 1. The van der Waals surface area contributed by atoms with Crippen LogP contribution in [-0.4, -0.2) is 23.4 Å². The second kappa shape index (κ2) is 9.43. The number of aliphatic imine (C=N–C) groups is 1. The van der Waals surface area contributed by atoms with Gasteiger partial charge in [0.1, 0.15) is 0 Å². The van der Waals surface area contributed by atoms with Gasteiger partial charge in [0.15, 0.2) is 0 Å². The van der Waals surface area contributed by atoms with E-state index in [9.17, 15) is 18.0 Å². The highest BCUT2D eigenvalue weighted by atomic mass is 19.4. The van der Waals surface area contributed by atoms with Crippen molar-refractivity contribution in [3.63, 3.8) is 0 Å². The van der Waals surface area contributed by atoms with Crippen LogP contribution in [0.5, 0.6) is 0 Å². The molecular weight excluding hydrogens is 393 g/mol. The third kappa shape index (κ3) is 5.37.